The van der Waals surface area contributed by atoms with Gasteiger partial charge in [-0.3, -0.25) is 0 Å². The van der Waals surface area contributed by atoms with Crippen LogP contribution in [0, 0.1) is 0 Å². The molecular weight excluding hydrogens is 114 g/mol. The summed E-state index contributed by atoms with van der Waals surface area (Å²) in [6.07, 6.45) is 1.54. The molecule has 1 N–H and O–H groups in total. The number of rotatable bonds is 0. The molecule has 0 aliphatic carbocycles. The Hall–Kier alpha value is -0.0800. The van der Waals surface area contributed by atoms with Crippen molar-refractivity contribution in [1.82, 2.24) is 5.32 Å². The van der Waals surface area contributed by atoms with Crippen LogP contribution >= 0.6 is 0 Å². The molecule has 0 unspecified atom stereocenters. The van der Waals surface area contributed by atoms with E-state index in [1.54, 1.807) is 0 Å². The van der Waals surface area contributed by atoms with Crippen LogP contribution in [0.4, 0.5) is 0 Å². The Bertz CT molecular complexity index is 75.0. The highest BCUT2D eigenvalue weighted by Crippen LogP contribution is 2.00. The van der Waals surface area contributed by atoms with E-state index in [2.05, 4.69) is 19.2 Å². The largest absolute Gasteiger partial charge is 0.377 e. The van der Waals surface area contributed by atoms with E-state index in [9.17, 15) is 0 Å². The molecule has 0 amide bonds. The summed E-state index contributed by atoms with van der Waals surface area (Å²) in [5, 5.41) is 3.37. The quantitative estimate of drug-likeness (QED) is 0.521. The van der Waals surface area contributed by atoms with E-state index in [1.807, 2.05) is 0 Å². The Labute approximate surface area is 56.6 Å². The SMILES string of the molecule is C[C@@H]1CN[C@@H](C)CCO1. The highest BCUT2D eigenvalue weighted by Gasteiger charge is 2.10. The van der Waals surface area contributed by atoms with Crippen LogP contribution in [-0.2, 0) is 4.74 Å². The van der Waals surface area contributed by atoms with E-state index in [0.717, 1.165) is 19.6 Å². The van der Waals surface area contributed by atoms with Gasteiger partial charge in [0.1, 0.15) is 0 Å². The topological polar surface area (TPSA) is 21.3 Å². The van der Waals surface area contributed by atoms with Gasteiger partial charge in [-0.15, -0.1) is 0 Å². The molecule has 1 heterocycles. The minimum Gasteiger partial charge on any atom is -0.377 e. The first-order valence-electron chi connectivity index (χ1n) is 3.64. The van der Waals surface area contributed by atoms with Gasteiger partial charge in [-0.2, -0.15) is 0 Å². The van der Waals surface area contributed by atoms with Gasteiger partial charge in [0.15, 0.2) is 0 Å². The number of hydrogen-bond donors (Lipinski definition) is 1. The average molecular weight is 129 g/mol. The van der Waals surface area contributed by atoms with Gasteiger partial charge >= 0.3 is 0 Å². The molecule has 0 aromatic heterocycles. The second-order valence-electron chi connectivity index (χ2n) is 2.78. The zero-order valence-corrected chi connectivity index (χ0v) is 6.18. The van der Waals surface area contributed by atoms with E-state index in [-0.39, 0.29) is 0 Å². The molecule has 2 atom stereocenters. The van der Waals surface area contributed by atoms with Gasteiger partial charge < -0.3 is 10.1 Å². The van der Waals surface area contributed by atoms with Crippen molar-refractivity contribution in [2.24, 2.45) is 0 Å². The molecule has 0 radical (unpaired) electrons. The van der Waals surface area contributed by atoms with E-state index >= 15 is 0 Å². The summed E-state index contributed by atoms with van der Waals surface area (Å²) >= 11 is 0. The Kier molecular flexibility index (Phi) is 2.49. The maximum Gasteiger partial charge on any atom is 0.0671 e. The van der Waals surface area contributed by atoms with Gasteiger partial charge in [-0.1, -0.05) is 0 Å². The van der Waals surface area contributed by atoms with Crippen LogP contribution in [0.15, 0.2) is 0 Å². The Morgan fingerprint density at radius 2 is 2.22 bits per heavy atom. The van der Waals surface area contributed by atoms with Gasteiger partial charge in [0.2, 0.25) is 0 Å². The van der Waals surface area contributed by atoms with Crippen molar-refractivity contribution in [2.75, 3.05) is 13.2 Å². The fourth-order valence-corrected chi connectivity index (χ4v) is 0.974. The summed E-state index contributed by atoms with van der Waals surface area (Å²) in [4.78, 5) is 0. The first kappa shape index (κ1) is 7.03. The molecular formula is C7H15NO. The lowest BCUT2D eigenvalue weighted by Gasteiger charge is -2.08. The fourth-order valence-electron chi connectivity index (χ4n) is 0.974. The van der Waals surface area contributed by atoms with E-state index < -0.39 is 0 Å². The maximum absolute atomic E-state index is 5.41. The van der Waals surface area contributed by atoms with E-state index in [4.69, 9.17) is 4.74 Å². The Balaban J connectivity index is 2.25. The van der Waals surface area contributed by atoms with Crippen LogP contribution in [0.5, 0.6) is 0 Å². The lowest BCUT2D eigenvalue weighted by Crippen LogP contribution is -2.29. The van der Waals surface area contributed by atoms with Gasteiger partial charge in [0, 0.05) is 19.2 Å². The van der Waals surface area contributed by atoms with Crippen molar-refractivity contribution in [3.05, 3.63) is 0 Å². The van der Waals surface area contributed by atoms with Crippen molar-refractivity contribution in [3.63, 3.8) is 0 Å². The Morgan fingerprint density at radius 3 is 3.00 bits per heavy atom. The molecule has 0 aromatic carbocycles. The van der Waals surface area contributed by atoms with Crippen LogP contribution in [0.2, 0.25) is 0 Å². The third-order valence-corrected chi connectivity index (χ3v) is 1.71. The molecule has 0 aromatic rings. The molecule has 1 aliphatic heterocycles. The molecule has 9 heavy (non-hydrogen) atoms. The van der Waals surface area contributed by atoms with Gasteiger partial charge in [-0.05, 0) is 20.3 Å². The van der Waals surface area contributed by atoms with Crippen LogP contribution in [0.25, 0.3) is 0 Å². The van der Waals surface area contributed by atoms with Gasteiger partial charge in [-0.25, -0.2) is 0 Å². The Morgan fingerprint density at radius 1 is 1.44 bits per heavy atom. The molecule has 54 valence electrons. The third-order valence-electron chi connectivity index (χ3n) is 1.71. The highest BCUT2D eigenvalue weighted by molar-refractivity contribution is 4.67. The zero-order valence-electron chi connectivity index (χ0n) is 6.18. The van der Waals surface area contributed by atoms with Crippen LogP contribution in [0.3, 0.4) is 0 Å². The first-order valence-corrected chi connectivity index (χ1v) is 3.64. The number of ether oxygens (including phenoxy) is 1. The predicted octanol–water partition coefficient (Wildman–Crippen LogP) is 0.773. The first-order chi connectivity index (χ1) is 4.29. The molecule has 1 aliphatic rings. The van der Waals surface area contributed by atoms with Gasteiger partial charge in [0.05, 0.1) is 6.10 Å². The molecule has 0 bridgehead atoms. The molecule has 1 saturated heterocycles. The monoisotopic (exact) mass is 129 g/mol. The minimum absolute atomic E-state index is 0.398. The van der Waals surface area contributed by atoms with Crippen molar-refractivity contribution in [1.29, 1.82) is 0 Å². The summed E-state index contributed by atoms with van der Waals surface area (Å²) in [5.74, 6) is 0. The molecule has 0 spiro atoms. The van der Waals surface area contributed by atoms with E-state index in [1.165, 1.54) is 0 Å². The zero-order chi connectivity index (χ0) is 6.69. The average Bonchev–Trinajstić information content (AvgIpc) is 1.97. The van der Waals surface area contributed by atoms with Crippen LogP contribution < -0.4 is 5.32 Å². The summed E-state index contributed by atoms with van der Waals surface area (Å²) in [5.41, 5.74) is 0. The summed E-state index contributed by atoms with van der Waals surface area (Å²) in [6, 6.07) is 0.634. The highest BCUT2D eigenvalue weighted by atomic mass is 16.5. The summed E-state index contributed by atoms with van der Waals surface area (Å²) < 4.78 is 5.41. The third kappa shape index (κ3) is 2.33. The number of nitrogens with one attached hydrogen (secondary N) is 1. The number of hydrogen-bond acceptors (Lipinski definition) is 2. The van der Waals surface area contributed by atoms with Crippen molar-refractivity contribution >= 4 is 0 Å². The second kappa shape index (κ2) is 3.18. The van der Waals surface area contributed by atoms with Crippen LogP contribution in [-0.4, -0.2) is 25.3 Å². The van der Waals surface area contributed by atoms with Crippen molar-refractivity contribution < 1.29 is 4.74 Å². The van der Waals surface area contributed by atoms with Gasteiger partial charge in [0.25, 0.3) is 0 Å². The fraction of sp³-hybridized carbons (Fsp3) is 1.00. The normalized spacial score (nSPS) is 38.0. The lowest BCUT2D eigenvalue weighted by atomic mass is 10.2. The van der Waals surface area contributed by atoms with Crippen molar-refractivity contribution in [3.8, 4) is 0 Å². The molecule has 2 heteroatoms. The summed E-state index contributed by atoms with van der Waals surface area (Å²) in [7, 11) is 0. The minimum atomic E-state index is 0.398. The van der Waals surface area contributed by atoms with E-state index in [0.29, 0.717) is 12.1 Å². The van der Waals surface area contributed by atoms with Crippen LogP contribution in [0.1, 0.15) is 20.3 Å². The molecule has 2 nitrogen and oxygen atoms in total. The maximum atomic E-state index is 5.41. The second-order valence-corrected chi connectivity index (χ2v) is 2.78. The molecule has 1 rings (SSSR count). The molecule has 1 fully saturated rings. The standard InChI is InChI=1S/C7H15NO/c1-6-3-4-9-7(2)5-8-6/h6-8H,3-5H2,1-2H3/t6-,7+/m0/s1. The smallest absolute Gasteiger partial charge is 0.0671 e. The molecule has 0 saturated carbocycles. The predicted molar refractivity (Wildman–Crippen MR) is 37.5 cm³/mol. The van der Waals surface area contributed by atoms with Crippen molar-refractivity contribution in [2.45, 2.75) is 32.4 Å². The summed E-state index contributed by atoms with van der Waals surface area (Å²) in [6.45, 7) is 6.21. The lowest BCUT2D eigenvalue weighted by molar-refractivity contribution is 0.0799.